The van der Waals surface area contributed by atoms with E-state index >= 15 is 0 Å². The van der Waals surface area contributed by atoms with Gasteiger partial charge in [-0.2, -0.15) is 0 Å². The first-order valence-corrected chi connectivity index (χ1v) is 8.71. The Morgan fingerprint density at radius 3 is 2.50 bits per heavy atom. The van der Waals surface area contributed by atoms with Gasteiger partial charge < -0.3 is 9.84 Å². The van der Waals surface area contributed by atoms with Crippen LogP contribution >= 0.6 is 0 Å². The van der Waals surface area contributed by atoms with E-state index in [2.05, 4.69) is 32.3 Å². The Labute approximate surface area is 145 Å². The number of carboxylic acids is 1. The van der Waals surface area contributed by atoms with Crippen molar-refractivity contribution in [3.05, 3.63) is 35.9 Å². The summed E-state index contributed by atoms with van der Waals surface area (Å²) in [5.41, 5.74) is 1.74. The molecule has 4 nitrogen and oxygen atoms in total. The topological polar surface area (TPSA) is 49.8 Å². The average molecular weight is 331 g/mol. The standard InChI is InChI=1S/C20H29NO3/c1-15(19(22)23)17-9-8-16(20(2,3)4)14-18(17)24-13-12-21-10-6-5-7-11-21/h8-9,14H,1,5-7,10-13H2,2-4H3,(H,22,23). The molecule has 0 atom stereocenters. The highest BCUT2D eigenvalue weighted by atomic mass is 16.5. The number of hydrogen-bond acceptors (Lipinski definition) is 3. The summed E-state index contributed by atoms with van der Waals surface area (Å²) in [5, 5.41) is 9.26. The van der Waals surface area contributed by atoms with Gasteiger partial charge in [-0.15, -0.1) is 0 Å². The van der Waals surface area contributed by atoms with Crippen LogP contribution in [0, 0.1) is 0 Å². The molecule has 132 valence electrons. The molecule has 1 saturated heterocycles. The van der Waals surface area contributed by atoms with Crippen LogP contribution in [0.25, 0.3) is 5.57 Å². The summed E-state index contributed by atoms with van der Waals surface area (Å²) in [5.74, 6) is -0.397. The van der Waals surface area contributed by atoms with Gasteiger partial charge in [0.1, 0.15) is 12.4 Å². The average Bonchev–Trinajstić information content (AvgIpc) is 2.54. The second-order valence-electron chi connectivity index (χ2n) is 7.50. The first kappa shape index (κ1) is 18.5. The normalized spacial score (nSPS) is 16.0. The molecular formula is C20H29NO3. The third-order valence-electron chi connectivity index (χ3n) is 4.54. The van der Waals surface area contributed by atoms with Gasteiger partial charge in [0, 0.05) is 12.1 Å². The zero-order valence-corrected chi connectivity index (χ0v) is 15.1. The van der Waals surface area contributed by atoms with E-state index < -0.39 is 5.97 Å². The van der Waals surface area contributed by atoms with E-state index in [-0.39, 0.29) is 11.0 Å². The monoisotopic (exact) mass is 331 g/mol. The summed E-state index contributed by atoms with van der Waals surface area (Å²) < 4.78 is 5.98. The second-order valence-corrected chi connectivity index (χ2v) is 7.50. The quantitative estimate of drug-likeness (QED) is 0.802. The first-order valence-electron chi connectivity index (χ1n) is 8.71. The largest absolute Gasteiger partial charge is 0.492 e. The number of benzene rings is 1. The van der Waals surface area contributed by atoms with Crippen molar-refractivity contribution >= 4 is 11.5 Å². The van der Waals surface area contributed by atoms with E-state index in [0.29, 0.717) is 17.9 Å². The lowest BCUT2D eigenvalue weighted by Crippen LogP contribution is -2.33. The van der Waals surface area contributed by atoms with E-state index in [0.717, 1.165) is 25.2 Å². The summed E-state index contributed by atoms with van der Waals surface area (Å²) in [4.78, 5) is 13.7. The number of piperidine rings is 1. The van der Waals surface area contributed by atoms with Gasteiger partial charge in [-0.25, -0.2) is 4.79 Å². The number of likely N-dealkylation sites (tertiary alicyclic amines) is 1. The lowest BCUT2D eigenvalue weighted by Gasteiger charge is -2.27. The van der Waals surface area contributed by atoms with Crippen LogP contribution in [0.5, 0.6) is 5.75 Å². The molecule has 2 rings (SSSR count). The van der Waals surface area contributed by atoms with E-state index in [1.54, 1.807) is 0 Å². The van der Waals surface area contributed by atoms with Gasteiger partial charge in [0.05, 0.1) is 5.57 Å². The summed E-state index contributed by atoms with van der Waals surface area (Å²) in [7, 11) is 0. The van der Waals surface area contributed by atoms with Crippen LogP contribution in [0.15, 0.2) is 24.8 Å². The van der Waals surface area contributed by atoms with Gasteiger partial charge in [0.2, 0.25) is 0 Å². The number of carbonyl (C=O) groups is 1. The molecule has 1 aromatic rings. The van der Waals surface area contributed by atoms with Crippen molar-refractivity contribution in [2.45, 2.75) is 45.4 Å². The van der Waals surface area contributed by atoms with Crippen LogP contribution < -0.4 is 4.74 Å². The highest BCUT2D eigenvalue weighted by Gasteiger charge is 2.19. The van der Waals surface area contributed by atoms with E-state index in [1.165, 1.54) is 19.3 Å². The summed E-state index contributed by atoms with van der Waals surface area (Å²) in [6, 6.07) is 5.73. The Kier molecular flexibility index (Phi) is 6.05. The van der Waals surface area contributed by atoms with Crippen molar-refractivity contribution in [1.82, 2.24) is 4.90 Å². The van der Waals surface area contributed by atoms with Crippen LogP contribution in [0.1, 0.15) is 51.2 Å². The molecule has 0 amide bonds. The molecule has 1 aliphatic rings. The van der Waals surface area contributed by atoms with Crippen LogP contribution in [-0.4, -0.2) is 42.2 Å². The van der Waals surface area contributed by atoms with Crippen molar-refractivity contribution in [3.8, 4) is 5.75 Å². The molecule has 24 heavy (non-hydrogen) atoms. The predicted octanol–water partition coefficient (Wildman–Crippen LogP) is 3.95. The fourth-order valence-corrected chi connectivity index (χ4v) is 2.94. The lowest BCUT2D eigenvalue weighted by atomic mass is 9.86. The van der Waals surface area contributed by atoms with Gasteiger partial charge in [0.15, 0.2) is 0 Å². The highest BCUT2D eigenvalue weighted by molar-refractivity contribution is 6.15. The minimum Gasteiger partial charge on any atom is -0.492 e. The van der Waals surface area contributed by atoms with Gasteiger partial charge >= 0.3 is 5.97 Å². The number of aliphatic carboxylic acids is 1. The second kappa shape index (κ2) is 7.84. The summed E-state index contributed by atoms with van der Waals surface area (Å²) >= 11 is 0. The van der Waals surface area contributed by atoms with E-state index in [1.807, 2.05) is 18.2 Å². The third-order valence-corrected chi connectivity index (χ3v) is 4.54. The summed E-state index contributed by atoms with van der Waals surface area (Å²) in [6.07, 6.45) is 3.81. The fourth-order valence-electron chi connectivity index (χ4n) is 2.94. The fraction of sp³-hybridized carbons (Fsp3) is 0.550. The molecule has 0 saturated carbocycles. The molecule has 4 heteroatoms. The SMILES string of the molecule is C=C(C(=O)O)c1ccc(C(C)(C)C)cc1OCCN1CCCCC1. The van der Waals surface area contributed by atoms with Crippen molar-refractivity contribution in [3.63, 3.8) is 0 Å². The van der Waals surface area contributed by atoms with Gasteiger partial charge in [-0.3, -0.25) is 4.90 Å². The number of hydrogen-bond donors (Lipinski definition) is 1. The molecule has 0 bridgehead atoms. The Morgan fingerprint density at radius 1 is 1.25 bits per heavy atom. The minimum absolute atomic E-state index is 0.0198. The maximum Gasteiger partial charge on any atom is 0.335 e. The molecule has 0 aromatic heterocycles. The zero-order valence-electron chi connectivity index (χ0n) is 15.1. The summed E-state index contributed by atoms with van der Waals surface area (Å²) in [6.45, 7) is 13.8. The molecular weight excluding hydrogens is 302 g/mol. The van der Waals surface area contributed by atoms with Crippen molar-refractivity contribution in [2.24, 2.45) is 0 Å². The lowest BCUT2D eigenvalue weighted by molar-refractivity contribution is -0.130. The van der Waals surface area contributed by atoms with Crippen LogP contribution in [-0.2, 0) is 10.2 Å². The van der Waals surface area contributed by atoms with Crippen molar-refractivity contribution in [1.29, 1.82) is 0 Å². The Hall–Kier alpha value is -1.81. The molecule has 1 N–H and O–H groups in total. The highest BCUT2D eigenvalue weighted by Crippen LogP contribution is 2.32. The van der Waals surface area contributed by atoms with Crippen molar-refractivity contribution in [2.75, 3.05) is 26.2 Å². The minimum atomic E-state index is -1.01. The molecule has 1 heterocycles. The molecule has 0 unspecified atom stereocenters. The molecule has 0 radical (unpaired) electrons. The van der Waals surface area contributed by atoms with Crippen LogP contribution in [0.4, 0.5) is 0 Å². The maximum absolute atomic E-state index is 11.3. The predicted molar refractivity (Wildman–Crippen MR) is 97.6 cm³/mol. The van der Waals surface area contributed by atoms with E-state index in [4.69, 9.17) is 4.74 Å². The van der Waals surface area contributed by atoms with Gasteiger partial charge in [-0.05, 0) is 43.0 Å². The number of rotatable bonds is 6. The number of nitrogens with zero attached hydrogens (tertiary/aromatic N) is 1. The molecule has 1 aliphatic heterocycles. The molecule has 1 fully saturated rings. The Balaban J connectivity index is 2.13. The maximum atomic E-state index is 11.3. The molecule has 1 aromatic carbocycles. The zero-order chi connectivity index (χ0) is 17.7. The Bertz CT molecular complexity index is 595. The van der Waals surface area contributed by atoms with Crippen LogP contribution in [0.2, 0.25) is 0 Å². The first-order chi connectivity index (χ1) is 11.3. The van der Waals surface area contributed by atoms with Gasteiger partial charge in [0.25, 0.3) is 0 Å². The number of ether oxygens (including phenoxy) is 1. The molecule has 0 spiro atoms. The molecule has 0 aliphatic carbocycles. The van der Waals surface area contributed by atoms with Crippen molar-refractivity contribution < 1.29 is 14.6 Å². The Morgan fingerprint density at radius 2 is 1.92 bits per heavy atom. The van der Waals surface area contributed by atoms with E-state index in [9.17, 15) is 9.90 Å². The van der Waals surface area contributed by atoms with Gasteiger partial charge in [-0.1, -0.05) is 45.9 Å². The number of carboxylic acid groups (broad SMARTS) is 1. The third kappa shape index (κ3) is 4.84. The van der Waals surface area contributed by atoms with Crippen LogP contribution in [0.3, 0.4) is 0 Å². The smallest absolute Gasteiger partial charge is 0.335 e.